The number of fused-ring (bicyclic) bond motifs is 2. The first kappa shape index (κ1) is 29.3. The number of carbonyl (C=O) groups excluding carboxylic acids is 2. The molecule has 228 valence electrons. The highest BCUT2D eigenvalue weighted by Crippen LogP contribution is 2.35. The van der Waals surface area contributed by atoms with Gasteiger partial charge in [-0.1, -0.05) is 12.1 Å². The number of hydrogen-bond acceptors (Lipinski definition) is 11. The number of anilines is 3. The molecule has 2 heterocycles. The lowest BCUT2D eigenvalue weighted by atomic mass is 9.98. The second-order valence-electron chi connectivity index (χ2n) is 10.4. The zero-order valence-corrected chi connectivity index (χ0v) is 24.1. The summed E-state index contributed by atoms with van der Waals surface area (Å²) in [4.78, 5) is 65.3. The Bertz CT molecular complexity index is 2220. The number of rotatable bonds is 8. The van der Waals surface area contributed by atoms with E-state index >= 15 is 0 Å². The molecule has 0 aliphatic heterocycles. The van der Waals surface area contributed by atoms with Crippen LogP contribution in [-0.2, 0) is 13.0 Å². The van der Waals surface area contributed by atoms with Gasteiger partial charge in [0, 0.05) is 6.54 Å². The van der Waals surface area contributed by atoms with Crippen LogP contribution < -0.4 is 32.5 Å². The molecule has 5 aromatic rings. The van der Waals surface area contributed by atoms with Crippen LogP contribution >= 0.6 is 12.2 Å². The smallest absolute Gasteiger partial charge is 0.335 e. The summed E-state index contributed by atoms with van der Waals surface area (Å²) in [7, 11) is 0. The average molecular weight is 632 g/mol. The number of aromatic nitrogens is 3. The molecule has 0 fully saturated rings. The van der Waals surface area contributed by atoms with Gasteiger partial charge in [-0.15, -0.1) is 0 Å². The summed E-state index contributed by atoms with van der Waals surface area (Å²) in [5, 5.41) is 21.2. The third kappa shape index (κ3) is 5.10. The minimum absolute atomic E-state index is 0.109. The maximum atomic E-state index is 14.4. The SMILES string of the molecule is Cc1c(C(=O)O)ccc2c1CC[C@@H]2NC(=O)c1cc(C(=O)NCc2ccc(F)c(Nc3c(N)c(=O)c3=O)c2)n2c(=S)onc2n1. The number of carbonyl (C=O) groups is 3. The van der Waals surface area contributed by atoms with Crippen LogP contribution in [0.5, 0.6) is 0 Å². The quantitative estimate of drug-likeness (QED) is 0.123. The van der Waals surface area contributed by atoms with Crippen molar-refractivity contribution in [3.8, 4) is 0 Å². The van der Waals surface area contributed by atoms with Crippen molar-refractivity contribution in [3.63, 3.8) is 0 Å². The van der Waals surface area contributed by atoms with E-state index in [1.54, 1.807) is 13.0 Å². The maximum absolute atomic E-state index is 14.4. The first-order valence-electron chi connectivity index (χ1n) is 13.4. The van der Waals surface area contributed by atoms with E-state index in [9.17, 15) is 33.5 Å². The highest BCUT2D eigenvalue weighted by molar-refractivity contribution is 7.71. The van der Waals surface area contributed by atoms with Crippen LogP contribution in [0, 0.1) is 17.6 Å². The van der Waals surface area contributed by atoms with Crippen molar-refractivity contribution < 1.29 is 28.4 Å². The predicted molar refractivity (Wildman–Crippen MR) is 159 cm³/mol. The summed E-state index contributed by atoms with van der Waals surface area (Å²) in [6, 6.07) is 7.85. The number of nitrogens with zero attached hydrogens (tertiary/aromatic N) is 3. The maximum Gasteiger partial charge on any atom is 0.335 e. The van der Waals surface area contributed by atoms with Crippen LogP contribution in [0.2, 0.25) is 0 Å². The van der Waals surface area contributed by atoms with E-state index < -0.39 is 40.5 Å². The number of halogens is 1. The number of carboxylic acid groups (broad SMARTS) is 1. The van der Waals surface area contributed by atoms with Gasteiger partial charge in [-0.05, 0) is 83.7 Å². The largest absolute Gasteiger partial charge is 0.478 e. The molecule has 0 bridgehead atoms. The normalized spacial score (nSPS) is 14.0. The standard InChI is InChI=1S/C29H22FN7O7S/c1-11-13-5-7-17(15(13)4-3-14(11)27(42)43)34-25(40)19-9-20(37-28(35-19)36-44-29(37)45)26(41)32-10-12-2-6-16(30)18(8-12)33-22-21(31)23(38)24(22)39/h2-4,6,8-9,17,33H,5,7,10,31H2,1H3,(H,32,41)(H,34,40)(H,42,43)/t17-/m0/s1. The van der Waals surface area contributed by atoms with Crippen LogP contribution in [0.3, 0.4) is 0 Å². The van der Waals surface area contributed by atoms with Gasteiger partial charge >= 0.3 is 10.8 Å². The summed E-state index contributed by atoms with van der Waals surface area (Å²) in [6.07, 6.45) is 1.12. The summed E-state index contributed by atoms with van der Waals surface area (Å²) in [5.74, 6) is -3.18. The van der Waals surface area contributed by atoms with Crippen molar-refractivity contribution in [2.75, 3.05) is 11.1 Å². The van der Waals surface area contributed by atoms with E-state index in [4.69, 9.17) is 22.5 Å². The van der Waals surface area contributed by atoms with Gasteiger partial charge in [0.05, 0.1) is 17.3 Å². The van der Waals surface area contributed by atoms with Crippen LogP contribution in [0.1, 0.15) is 66.1 Å². The van der Waals surface area contributed by atoms with Crippen molar-refractivity contribution in [2.24, 2.45) is 0 Å². The Hall–Kier alpha value is -5.77. The molecule has 6 N–H and O–H groups in total. The molecule has 1 atom stereocenters. The number of carboxylic acids is 1. The van der Waals surface area contributed by atoms with Gasteiger partial charge in [-0.3, -0.25) is 19.2 Å². The number of amides is 2. The van der Waals surface area contributed by atoms with E-state index in [2.05, 4.69) is 26.1 Å². The fourth-order valence-electron chi connectivity index (χ4n) is 5.35. The lowest BCUT2D eigenvalue weighted by Gasteiger charge is -2.16. The average Bonchev–Trinajstić information content (AvgIpc) is 3.62. The Morgan fingerprint density at radius 2 is 1.93 bits per heavy atom. The summed E-state index contributed by atoms with van der Waals surface area (Å²) >= 11 is 5.15. The molecule has 0 saturated heterocycles. The number of nitrogens with two attached hydrogens (primary N) is 1. The zero-order chi connectivity index (χ0) is 32.2. The van der Waals surface area contributed by atoms with Crippen molar-refractivity contribution in [1.29, 1.82) is 0 Å². The molecular weight excluding hydrogens is 609 g/mol. The third-order valence-electron chi connectivity index (χ3n) is 7.71. The molecule has 1 aliphatic rings. The highest BCUT2D eigenvalue weighted by atomic mass is 32.1. The van der Waals surface area contributed by atoms with E-state index in [1.807, 2.05) is 0 Å². The van der Waals surface area contributed by atoms with E-state index in [0.29, 0.717) is 24.0 Å². The van der Waals surface area contributed by atoms with Crippen LogP contribution in [0.25, 0.3) is 5.78 Å². The van der Waals surface area contributed by atoms with Crippen molar-refractivity contribution in [1.82, 2.24) is 25.2 Å². The zero-order valence-electron chi connectivity index (χ0n) is 23.3. The lowest BCUT2D eigenvalue weighted by Crippen LogP contribution is -2.36. The molecule has 0 saturated carbocycles. The Labute approximate surface area is 256 Å². The Balaban J connectivity index is 1.22. The number of nitrogen functional groups attached to an aromatic ring is 1. The molecule has 0 spiro atoms. The van der Waals surface area contributed by atoms with E-state index in [1.165, 1.54) is 24.3 Å². The second kappa shape index (κ2) is 11.1. The molecule has 14 nitrogen and oxygen atoms in total. The van der Waals surface area contributed by atoms with Crippen molar-refractivity contribution >= 4 is 52.8 Å². The topological polar surface area (TPSA) is 211 Å². The number of hydrogen-bond donors (Lipinski definition) is 5. The molecule has 6 rings (SSSR count). The fraction of sp³-hybridized carbons (Fsp3) is 0.172. The van der Waals surface area contributed by atoms with Gasteiger partial charge in [-0.25, -0.2) is 18.6 Å². The van der Waals surface area contributed by atoms with Gasteiger partial charge in [0.2, 0.25) is 0 Å². The van der Waals surface area contributed by atoms with Gasteiger partial charge in [0.25, 0.3) is 28.4 Å². The van der Waals surface area contributed by atoms with E-state index in [-0.39, 0.29) is 51.2 Å². The monoisotopic (exact) mass is 631 g/mol. The first-order valence-corrected chi connectivity index (χ1v) is 13.8. The van der Waals surface area contributed by atoms with Crippen LogP contribution in [-0.4, -0.2) is 37.4 Å². The molecule has 0 radical (unpaired) electrons. The van der Waals surface area contributed by atoms with Gasteiger partial charge < -0.3 is 31.3 Å². The molecule has 1 aliphatic carbocycles. The first-order chi connectivity index (χ1) is 21.4. The Kier molecular flexibility index (Phi) is 7.20. The fourth-order valence-corrected chi connectivity index (χ4v) is 5.57. The van der Waals surface area contributed by atoms with E-state index in [0.717, 1.165) is 21.6 Å². The number of aromatic carboxylic acids is 1. The minimum atomic E-state index is -1.03. The van der Waals surface area contributed by atoms with Crippen LogP contribution in [0.4, 0.5) is 21.5 Å². The second-order valence-corrected chi connectivity index (χ2v) is 10.7. The molecule has 45 heavy (non-hydrogen) atoms. The molecular formula is C29H22FN7O7S. The summed E-state index contributed by atoms with van der Waals surface area (Å²) in [5.41, 5.74) is 5.82. The Morgan fingerprint density at radius 1 is 1.16 bits per heavy atom. The van der Waals surface area contributed by atoms with Crippen molar-refractivity contribution in [3.05, 3.63) is 107 Å². The minimum Gasteiger partial charge on any atom is -0.478 e. The van der Waals surface area contributed by atoms with Gasteiger partial charge in [0.1, 0.15) is 28.6 Å². The Morgan fingerprint density at radius 3 is 2.67 bits per heavy atom. The molecule has 2 amide bonds. The van der Waals surface area contributed by atoms with Gasteiger partial charge in [0.15, 0.2) is 0 Å². The predicted octanol–water partition coefficient (Wildman–Crippen LogP) is 2.47. The van der Waals surface area contributed by atoms with Gasteiger partial charge in [-0.2, -0.15) is 0 Å². The molecule has 3 aromatic carbocycles. The summed E-state index contributed by atoms with van der Waals surface area (Å²) < 4.78 is 20.6. The lowest BCUT2D eigenvalue weighted by molar-refractivity contribution is 0.0695. The molecule has 16 heteroatoms. The number of nitrogens with one attached hydrogen (secondary N) is 3. The summed E-state index contributed by atoms with van der Waals surface area (Å²) in [6.45, 7) is 1.62. The van der Waals surface area contributed by atoms with Crippen LogP contribution in [0.15, 0.2) is 50.5 Å². The highest BCUT2D eigenvalue weighted by Gasteiger charge is 2.29. The third-order valence-corrected chi connectivity index (χ3v) is 7.96. The number of benzene rings is 2. The van der Waals surface area contributed by atoms with Crippen molar-refractivity contribution in [2.45, 2.75) is 32.4 Å². The molecule has 2 aromatic heterocycles. The molecule has 0 unspecified atom stereocenters.